The predicted molar refractivity (Wildman–Crippen MR) is 145 cm³/mol. The molecule has 0 bridgehead atoms. The van der Waals surface area contributed by atoms with Gasteiger partial charge in [0.05, 0.1) is 16.2 Å². The predicted octanol–water partition coefficient (Wildman–Crippen LogP) is 6.27. The van der Waals surface area contributed by atoms with Crippen LogP contribution >= 0.6 is 15.9 Å². The highest BCUT2D eigenvalue weighted by Gasteiger charge is 2.35. The Bertz CT molecular complexity index is 1530. The van der Waals surface area contributed by atoms with Crippen LogP contribution in [0.5, 0.6) is 0 Å². The summed E-state index contributed by atoms with van der Waals surface area (Å²) in [6, 6.07) is 20.4. The van der Waals surface area contributed by atoms with Gasteiger partial charge in [-0.3, -0.25) is 9.59 Å². The van der Waals surface area contributed by atoms with Gasteiger partial charge in [-0.05, 0) is 71.7 Å². The highest BCUT2D eigenvalue weighted by Crippen LogP contribution is 2.39. The van der Waals surface area contributed by atoms with Crippen LogP contribution in [0.15, 0.2) is 94.7 Å². The van der Waals surface area contributed by atoms with E-state index in [1.165, 1.54) is 12.3 Å². The number of amides is 2. The molecule has 0 aliphatic carbocycles. The number of rotatable bonds is 5. The van der Waals surface area contributed by atoms with Gasteiger partial charge in [0.15, 0.2) is 0 Å². The van der Waals surface area contributed by atoms with Gasteiger partial charge in [-0.25, -0.2) is 9.07 Å². The van der Waals surface area contributed by atoms with Crippen LogP contribution in [0, 0.1) is 12.7 Å². The zero-order valence-corrected chi connectivity index (χ0v) is 21.6. The number of nitrogens with one attached hydrogen (secondary N) is 3. The lowest BCUT2D eigenvalue weighted by Gasteiger charge is -2.30. The SMILES string of the molecule is CC1=C(C(=O)Nc2ccccc2)[C@H](c2ccc(F)c(Br)c2)n2ncc(C(=O)Nc3ccc(C)cc3)c2N1. The number of allylic oxidation sites excluding steroid dienone is 1. The minimum atomic E-state index is -0.710. The van der Waals surface area contributed by atoms with Crippen LogP contribution in [-0.2, 0) is 4.79 Å². The zero-order chi connectivity index (χ0) is 26.1. The number of aromatic nitrogens is 2. The Balaban J connectivity index is 1.55. The van der Waals surface area contributed by atoms with Crippen LogP contribution in [0.1, 0.15) is 34.5 Å². The molecule has 7 nitrogen and oxygen atoms in total. The van der Waals surface area contributed by atoms with Crippen molar-refractivity contribution in [1.82, 2.24) is 9.78 Å². The molecule has 2 amide bonds. The van der Waals surface area contributed by atoms with E-state index in [2.05, 4.69) is 37.0 Å². The highest BCUT2D eigenvalue weighted by atomic mass is 79.9. The monoisotopic (exact) mass is 559 g/mol. The van der Waals surface area contributed by atoms with Crippen LogP contribution < -0.4 is 16.0 Å². The topological polar surface area (TPSA) is 88.0 Å². The Hall–Kier alpha value is -4.24. The van der Waals surface area contributed by atoms with Gasteiger partial charge in [0.1, 0.15) is 23.2 Å². The first-order chi connectivity index (χ1) is 17.8. The number of carbonyl (C=O) groups excluding carboxylic acids is 2. The summed E-state index contributed by atoms with van der Waals surface area (Å²) < 4.78 is 15.9. The number of benzene rings is 3. The van der Waals surface area contributed by atoms with Crippen LogP contribution in [0.4, 0.5) is 21.6 Å². The van der Waals surface area contributed by atoms with Crippen molar-refractivity contribution in [3.05, 3.63) is 117 Å². The number of nitrogens with zero attached hydrogens (tertiary/aromatic N) is 2. The van der Waals surface area contributed by atoms with E-state index in [0.29, 0.717) is 39.6 Å². The highest BCUT2D eigenvalue weighted by molar-refractivity contribution is 9.10. The molecule has 9 heteroatoms. The molecular weight excluding hydrogens is 537 g/mol. The Morgan fingerprint density at radius 2 is 1.62 bits per heavy atom. The van der Waals surface area contributed by atoms with Crippen LogP contribution in [0.2, 0.25) is 0 Å². The van der Waals surface area contributed by atoms with Gasteiger partial charge in [-0.15, -0.1) is 0 Å². The number of carbonyl (C=O) groups is 2. The second kappa shape index (κ2) is 10.0. The number of para-hydroxylation sites is 1. The first-order valence-electron chi connectivity index (χ1n) is 11.6. The number of hydrogen-bond acceptors (Lipinski definition) is 4. The van der Waals surface area contributed by atoms with E-state index in [1.54, 1.807) is 35.9 Å². The van der Waals surface area contributed by atoms with Crippen molar-refractivity contribution in [2.24, 2.45) is 0 Å². The van der Waals surface area contributed by atoms with Gasteiger partial charge in [-0.2, -0.15) is 5.10 Å². The van der Waals surface area contributed by atoms with E-state index in [9.17, 15) is 14.0 Å². The number of halogens is 2. The van der Waals surface area contributed by atoms with Gasteiger partial charge in [0, 0.05) is 17.1 Å². The fraction of sp³-hybridized carbons (Fsp3) is 0.107. The number of aryl methyl sites for hydroxylation is 1. The third kappa shape index (κ3) is 4.90. The molecule has 0 fully saturated rings. The molecule has 1 atom stereocenters. The van der Waals surface area contributed by atoms with Gasteiger partial charge < -0.3 is 16.0 Å². The lowest BCUT2D eigenvalue weighted by atomic mass is 9.94. The van der Waals surface area contributed by atoms with Gasteiger partial charge in [-0.1, -0.05) is 42.0 Å². The van der Waals surface area contributed by atoms with Crippen molar-refractivity contribution < 1.29 is 14.0 Å². The standard InChI is InChI=1S/C28H23BrFN5O2/c1-16-8-11-20(12-9-16)33-27(36)21-15-31-35-25(18-10-13-23(30)22(29)14-18)24(17(2)32-26(21)35)28(37)34-19-6-4-3-5-7-19/h3-15,25,32H,1-2H3,(H,33,36)(H,34,37)/t25-/m0/s1. The first-order valence-corrected chi connectivity index (χ1v) is 12.4. The van der Waals surface area contributed by atoms with Crippen LogP contribution in [0.25, 0.3) is 0 Å². The van der Waals surface area contributed by atoms with Crippen molar-refractivity contribution in [2.45, 2.75) is 19.9 Å². The average molecular weight is 560 g/mol. The molecule has 0 radical (unpaired) electrons. The minimum Gasteiger partial charge on any atom is -0.343 e. The molecule has 4 aromatic rings. The number of fused-ring (bicyclic) bond motifs is 1. The maximum Gasteiger partial charge on any atom is 0.261 e. The van der Waals surface area contributed by atoms with Crippen molar-refractivity contribution in [2.75, 3.05) is 16.0 Å². The third-order valence-electron chi connectivity index (χ3n) is 6.11. The summed E-state index contributed by atoms with van der Waals surface area (Å²) in [7, 11) is 0. The van der Waals surface area contributed by atoms with Crippen molar-refractivity contribution in [3.63, 3.8) is 0 Å². The Morgan fingerprint density at radius 1 is 0.946 bits per heavy atom. The Kier molecular flexibility index (Phi) is 6.62. The Labute approximate surface area is 221 Å². The lowest BCUT2D eigenvalue weighted by molar-refractivity contribution is -0.113. The maximum absolute atomic E-state index is 14.1. The smallest absolute Gasteiger partial charge is 0.261 e. The summed E-state index contributed by atoms with van der Waals surface area (Å²) in [5.74, 6) is -0.675. The van der Waals surface area contributed by atoms with Crippen molar-refractivity contribution in [3.8, 4) is 0 Å². The molecule has 37 heavy (non-hydrogen) atoms. The molecule has 2 heterocycles. The molecule has 1 aliphatic rings. The van der Waals surface area contributed by atoms with E-state index < -0.39 is 11.9 Å². The molecule has 3 N–H and O–H groups in total. The molecule has 186 valence electrons. The van der Waals surface area contributed by atoms with Crippen molar-refractivity contribution in [1.29, 1.82) is 0 Å². The molecule has 1 aromatic heterocycles. The Morgan fingerprint density at radius 3 is 2.32 bits per heavy atom. The van der Waals surface area contributed by atoms with Crippen LogP contribution in [-0.4, -0.2) is 21.6 Å². The molecule has 0 saturated carbocycles. The largest absolute Gasteiger partial charge is 0.343 e. The van der Waals surface area contributed by atoms with E-state index in [0.717, 1.165) is 5.56 Å². The quantitative estimate of drug-likeness (QED) is 0.269. The second-order valence-electron chi connectivity index (χ2n) is 8.73. The maximum atomic E-state index is 14.1. The van der Waals surface area contributed by atoms with Gasteiger partial charge in [0.2, 0.25) is 0 Å². The van der Waals surface area contributed by atoms with Gasteiger partial charge >= 0.3 is 0 Å². The van der Waals surface area contributed by atoms with Gasteiger partial charge in [0.25, 0.3) is 11.8 Å². The van der Waals surface area contributed by atoms with E-state index >= 15 is 0 Å². The molecule has 0 saturated heterocycles. The van der Waals surface area contributed by atoms with E-state index in [4.69, 9.17) is 0 Å². The normalized spacial score (nSPS) is 14.5. The summed E-state index contributed by atoms with van der Waals surface area (Å²) in [6.45, 7) is 3.74. The second-order valence-corrected chi connectivity index (χ2v) is 9.59. The first kappa shape index (κ1) is 24.5. The van der Waals surface area contributed by atoms with E-state index in [-0.39, 0.29) is 16.3 Å². The summed E-state index contributed by atoms with van der Waals surface area (Å²) in [5.41, 5.74) is 4.25. The third-order valence-corrected chi connectivity index (χ3v) is 6.72. The molecule has 0 spiro atoms. The summed E-state index contributed by atoms with van der Waals surface area (Å²) in [4.78, 5) is 26.7. The number of anilines is 3. The molecular formula is C28H23BrFN5O2. The number of hydrogen-bond donors (Lipinski definition) is 3. The lowest BCUT2D eigenvalue weighted by Crippen LogP contribution is -2.32. The average Bonchev–Trinajstić information content (AvgIpc) is 3.30. The van der Waals surface area contributed by atoms with E-state index in [1.807, 2.05) is 49.4 Å². The summed E-state index contributed by atoms with van der Waals surface area (Å²) in [6.07, 6.45) is 1.46. The molecule has 1 aliphatic heterocycles. The summed E-state index contributed by atoms with van der Waals surface area (Å²) in [5, 5.41) is 13.5. The fourth-order valence-corrected chi connectivity index (χ4v) is 4.66. The molecule has 5 rings (SSSR count). The van der Waals surface area contributed by atoms with Crippen LogP contribution in [0.3, 0.4) is 0 Å². The molecule has 3 aromatic carbocycles. The summed E-state index contributed by atoms with van der Waals surface area (Å²) >= 11 is 3.25. The minimum absolute atomic E-state index is 0.259. The fourth-order valence-electron chi connectivity index (χ4n) is 4.26. The molecule has 0 unspecified atom stereocenters. The zero-order valence-electron chi connectivity index (χ0n) is 20.0. The van der Waals surface area contributed by atoms with Crippen molar-refractivity contribution >= 4 is 44.9 Å².